The fraction of sp³-hybridized carbons (Fsp3) is 0.316. The maximum absolute atomic E-state index is 13.1. The lowest BCUT2D eigenvalue weighted by Crippen LogP contribution is -2.47. The second kappa shape index (κ2) is 6.28. The number of rotatable bonds is 3. The Morgan fingerprint density at radius 3 is 2.48 bits per heavy atom. The molecule has 1 saturated heterocycles. The van der Waals surface area contributed by atoms with E-state index in [0.29, 0.717) is 25.9 Å². The molecule has 2 aliphatic heterocycles. The predicted molar refractivity (Wildman–Crippen MR) is 95.9 cm³/mol. The van der Waals surface area contributed by atoms with Crippen LogP contribution < -0.4 is 4.90 Å². The van der Waals surface area contributed by atoms with E-state index in [1.165, 1.54) is 4.31 Å². The highest BCUT2D eigenvalue weighted by Crippen LogP contribution is 2.32. The number of para-hydroxylation sites is 1. The highest BCUT2D eigenvalue weighted by molar-refractivity contribution is 7.89. The third-order valence-electron chi connectivity index (χ3n) is 4.99. The number of carbonyl (C=O) groups excluding carboxylic acids is 1. The number of sulfonamides is 1. The molecule has 1 fully saturated rings. The number of nitrogens with zero attached hydrogens (tertiary/aromatic N) is 2. The minimum atomic E-state index is -3.65. The predicted octanol–water partition coefficient (Wildman–Crippen LogP) is 2.43. The Morgan fingerprint density at radius 2 is 1.68 bits per heavy atom. The van der Waals surface area contributed by atoms with Crippen molar-refractivity contribution in [1.82, 2.24) is 4.31 Å². The zero-order valence-electron chi connectivity index (χ0n) is 13.8. The van der Waals surface area contributed by atoms with Gasteiger partial charge in [-0.1, -0.05) is 36.4 Å². The molecule has 0 aromatic heterocycles. The molecule has 6 heteroatoms. The van der Waals surface area contributed by atoms with Crippen LogP contribution in [0.15, 0.2) is 59.5 Å². The van der Waals surface area contributed by atoms with Gasteiger partial charge in [-0.05, 0) is 43.0 Å². The number of fused-ring (bicyclic) bond motifs is 1. The average Bonchev–Trinajstić information content (AvgIpc) is 3.29. The molecule has 0 unspecified atom stereocenters. The van der Waals surface area contributed by atoms with Crippen LogP contribution in [-0.2, 0) is 21.2 Å². The summed E-state index contributed by atoms with van der Waals surface area (Å²) in [6, 6.07) is 15.6. The quantitative estimate of drug-likeness (QED) is 0.849. The minimum absolute atomic E-state index is 0.109. The molecule has 1 amide bonds. The van der Waals surface area contributed by atoms with Gasteiger partial charge in [0.05, 0.1) is 4.90 Å². The van der Waals surface area contributed by atoms with E-state index < -0.39 is 16.1 Å². The van der Waals surface area contributed by atoms with Gasteiger partial charge in [-0.3, -0.25) is 4.79 Å². The second-order valence-corrected chi connectivity index (χ2v) is 8.35. The van der Waals surface area contributed by atoms with E-state index in [4.69, 9.17) is 0 Å². The maximum atomic E-state index is 13.1. The third kappa shape index (κ3) is 2.75. The van der Waals surface area contributed by atoms with E-state index in [-0.39, 0.29) is 10.8 Å². The van der Waals surface area contributed by atoms with Crippen molar-refractivity contribution in [2.24, 2.45) is 0 Å². The summed E-state index contributed by atoms with van der Waals surface area (Å²) in [4.78, 5) is 15.1. The summed E-state index contributed by atoms with van der Waals surface area (Å²) >= 11 is 0. The molecular formula is C19H20N2O3S. The summed E-state index contributed by atoms with van der Waals surface area (Å²) in [6.45, 7) is 1.01. The topological polar surface area (TPSA) is 57.7 Å². The molecule has 0 spiro atoms. The van der Waals surface area contributed by atoms with E-state index in [9.17, 15) is 13.2 Å². The Balaban J connectivity index is 1.63. The van der Waals surface area contributed by atoms with Gasteiger partial charge < -0.3 is 4.90 Å². The van der Waals surface area contributed by atoms with Gasteiger partial charge in [0.15, 0.2) is 0 Å². The van der Waals surface area contributed by atoms with Gasteiger partial charge in [0, 0.05) is 18.8 Å². The largest absolute Gasteiger partial charge is 0.310 e. The van der Waals surface area contributed by atoms with Crippen molar-refractivity contribution in [3.8, 4) is 0 Å². The molecule has 2 heterocycles. The zero-order chi connectivity index (χ0) is 17.4. The first-order chi connectivity index (χ1) is 12.1. The molecule has 0 saturated carbocycles. The standard InChI is InChI=1S/C19H20N2O3S/c22-19(20-14-12-15-7-4-5-10-17(15)20)18-11-6-13-21(18)25(23,24)16-8-2-1-3-9-16/h1-5,7-10,18H,6,11-14H2/t18-/m0/s1. The van der Waals surface area contributed by atoms with Crippen molar-refractivity contribution in [3.05, 3.63) is 60.2 Å². The van der Waals surface area contributed by atoms with Gasteiger partial charge in [-0.2, -0.15) is 4.31 Å². The number of anilines is 1. The molecule has 5 nitrogen and oxygen atoms in total. The lowest BCUT2D eigenvalue weighted by molar-refractivity contribution is -0.121. The molecule has 0 radical (unpaired) electrons. The van der Waals surface area contributed by atoms with E-state index in [1.54, 1.807) is 35.2 Å². The van der Waals surface area contributed by atoms with Crippen molar-refractivity contribution >= 4 is 21.6 Å². The highest BCUT2D eigenvalue weighted by Gasteiger charge is 2.42. The van der Waals surface area contributed by atoms with Crippen LogP contribution in [0.1, 0.15) is 18.4 Å². The molecule has 25 heavy (non-hydrogen) atoms. The molecule has 1 atom stereocenters. The summed E-state index contributed by atoms with van der Waals surface area (Å²) < 4.78 is 27.3. The summed E-state index contributed by atoms with van der Waals surface area (Å²) in [5.41, 5.74) is 2.06. The Hall–Kier alpha value is -2.18. The van der Waals surface area contributed by atoms with E-state index in [0.717, 1.165) is 17.7 Å². The number of amides is 1. The average molecular weight is 356 g/mol. The highest BCUT2D eigenvalue weighted by atomic mass is 32.2. The monoisotopic (exact) mass is 356 g/mol. The number of carbonyl (C=O) groups is 1. The van der Waals surface area contributed by atoms with Gasteiger partial charge in [-0.15, -0.1) is 0 Å². The van der Waals surface area contributed by atoms with Crippen LogP contribution in [0.2, 0.25) is 0 Å². The Bertz CT molecular complexity index is 896. The van der Waals surface area contributed by atoms with Gasteiger partial charge in [0.1, 0.15) is 6.04 Å². The van der Waals surface area contributed by atoms with Gasteiger partial charge >= 0.3 is 0 Å². The maximum Gasteiger partial charge on any atom is 0.245 e. The second-order valence-electron chi connectivity index (χ2n) is 6.46. The first-order valence-corrected chi connectivity index (χ1v) is 9.99. The Kier molecular flexibility index (Phi) is 4.09. The van der Waals surface area contributed by atoms with E-state index in [2.05, 4.69) is 0 Å². The van der Waals surface area contributed by atoms with Gasteiger partial charge in [0.2, 0.25) is 15.9 Å². The van der Waals surface area contributed by atoms with Crippen LogP contribution in [-0.4, -0.2) is 37.8 Å². The van der Waals surface area contributed by atoms with Gasteiger partial charge in [-0.25, -0.2) is 8.42 Å². The lowest BCUT2D eigenvalue weighted by Gasteiger charge is -2.27. The smallest absolute Gasteiger partial charge is 0.245 e. The fourth-order valence-electron chi connectivity index (χ4n) is 3.75. The normalized spacial score (nSPS) is 20.6. The van der Waals surface area contributed by atoms with Crippen LogP contribution in [0.25, 0.3) is 0 Å². The van der Waals surface area contributed by atoms with E-state index in [1.807, 2.05) is 24.3 Å². The Labute approximate surface area is 147 Å². The van der Waals surface area contributed by atoms with Crippen molar-refractivity contribution in [2.75, 3.05) is 18.0 Å². The molecule has 130 valence electrons. The molecule has 2 aliphatic rings. The van der Waals surface area contributed by atoms with Crippen molar-refractivity contribution in [1.29, 1.82) is 0 Å². The Morgan fingerprint density at radius 1 is 0.960 bits per heavy atom. The SMILES string of the molecule is O=C([C@@H]1CCCN1S(=O)(=O)c1ccccc1)N1CCc2ccccc21. The molecular weight excluding hydrogens is 336 g/mol. The van der Waals surface area contributed by atoms with Crippen LogP contribution in [0.5, 0.6) is 0 Å². The summed E-state index contributed by atoms with van der Waals surface area (Å²) in [7, 11) is -3.65. The summed E-state index contributed by atoms with van der Waals surface area (Å²) in [6.07, 6.45) is 2.10. The van der Waals surface area contributed by atoms with E-state index >= 15 is 0 Å². The summed E-state index contributed by atoms with van der Waals surface area (Å²) in [5.74, 6) is -0.109. The molecule has 4 rings (SSSR count). The fourth-order valence-corrected chi connectivity index (χ4v) is 5.42. The number of hydrogen-bond donors (Lipinski definition) is 0. The molecule has 2 aromatic rings. The first kappa shape index (κ1) is 16.3. The van der Waals surface area contributed by atoms with Crippen LogP contribution in [0, 0.1) is 0 Å². The molecule has 0 aliphatic carbocycles. The minimum Gasteiger partial charge on any atom is -0.310 e. The van der Waals surface area contributed by atoms with Crippen LogP contribution >= 0.6 is 0 Å². The number of hydrogen-bond acceptors (Lipinski definition) is 3. The van der Waals surface area contributed by atoms with Crippen LogP contribution in [0.3, 0.4) is 0 Å². The first-order valence-electron chi connectivity index (χ1n) is 8.55. The number of benzene rings is 2. The molecule has 0 N–H and O–H groups in total. The summed E-state index contributed by atoms with van der Waals surface area (Å²) in [5, 5.41) is 0. The molecule has 0 bridgehead atoms. The third-order valence-corrected chi connectivity index (χ3v) is 6.91. The molecule has 2 aromatic carbocycles. The van der Waals surface area contributed by atoms with Crippen molar-refractivity contribution in [3.63, 3.8) is 0 Å². The van der Waals surface area contributed by atoms with Crippen molar-refractivity contribution < 1.29 is 13.2 Å². The zero-order valence-corrected chi connectivity index (χ0v) is 14.7. The van der Waals surface area contributed by atoms with Crippen molar-refractivity contribution in [2.45, 2.75) is 30.2 Å². The lowest BCUT2D eigenvalue weighted by atomic mass is 10.1. The van der Waals surface area contributed by atoms with Crippen LogP contribution in [0.4, 0.5) is 5.69 Å². The van der Waals surface area contributed by atoms with Gasteiger partial charge in [0.25, 0.3) is 0 Å².